The van der Waals surface area contributed by atoms with Crippen LogP contribution in [0, 0.1) is 0 Å². The number of carbonyl (C=O) groups is 2. The van der Waals surface area contributed by atoms with Gasteiger partial charge in [0.2, 0.25) is 0 Å². The standard InChI is InChI=1S/C16H20N4O3/c1-23-12-13-5-2-6-14(11-13)19-16(22)15(21)17-7-3-9-20-10-4-8-18-20/h2,4-6,8,10-11H,3,7,9,12H2,1H3,(H,17,21)(H,19,22). The predicted molar refractivity (Wildman–Crippen MR) is 85.6 cm³/mol. The first-order chi connectivity index (χ1) is 11.2. The lowest BCUT2D eigenvalue weighted by Crippen LogP contribution is -2.36. The first kappa shape index (κ1) is 16.7. The van der Waals surface area contributed by atoms with Gasteiger partial charge >= 0.3 is 11.8 Å². The van der Waals surface area contributed by atoms with Crippen molar-refractivity contribution in [2.45, 2.75) is 19.6 Å². The fourth-order valence-electron chi connectivity index (χ4n) is 2.05. The molecule has 0 saturated heterocycles. The van der Waals surface area contributed by atoms with E-state index < -0.39 is 11.8 Å². The summed E-state index contributed by atoms with van der Waals surface area (Å²) < 4.78 is 6.80. The average molecular weight is 316 g/mol. The number of aryl methyl sites for hydroxylation is 1. The molecule has 7 nitrogen and oxygen atoms in total. The van der Waals surface area contributed by atoms with E-state index in [9.17, 15) is 9.59 Å². The number of nitrogens with zero attached hydrogens (tertiary/aromatic N) is 2. The molecule has 1 aromatic carbocycles. The number of amides is 2. The van der Waals surface area contributed by atoms with E-state index in [4.69, 9.17) is 4.74 Å². The molecule has 7 heteroatoms. The topological polar surface area (TPSA) is 85.2 Å². The van der Waals surface area contributed by atoms with E-state index >= 15 is 0 Å². The molecule has 0 unspecified atom stereocenters. The van der Waals surface area contributed by atoms with E-state index in [-0.39, 0.29) is 0 Å². The Balaban J connectivity index is 1.74. The number of aromatic nitrogens is 2. The van der Waals surface area contributed by atoms with Crippen LogP contribution >= 0.6 is 0 Å². The predicted octanol–water partition coefficient (Wildman–Crippen LogP) is 1.17. The molecule has 0 saturated carbocycles. The zero-order valence-corrected chi connectivity index (χ0v) is 13.0. The minimum Gasteiger partial charge on any atom is -0.380 e. The zero-order valence-electron chi connectivity index (χ0n) is 13.0. The Bertz CT molecular complexity index is 641. The second-order valence-electron chi connectivity index (χ2n) is 4.97. The molecule has 0 atom stereocenters. The Morgan fingerprint density at radius 2 is 2.13 bits per heavy atom. The normalized spacial score (nSPS) is 10.3. The molecule has 2 N–H and O–H groups in total. The van der Waals surface area contributed by atoms with Gasteiger partial charge in [0.25, 0.3) is 0 Å². The van der Waals surface area contributed by atoms with Crippen molar-refractivity contribution in [2.24, 2.45) is 0 Å². The summed E-state index contributed by atoms with van der Waals surface area (Å²) in [5, 5.41) is 9.22. The molecule has 122 valence electrons. The molecular weight excluding hydrogens is 296 g/mol. The summed E-state index contributed by atoms with van der Waals surface area (Å²) in [6.45, 7) is 1.55. The Morgan fingerprint density at radius 3 is 2.87 bits per heavy atom. The molecule has 23 heavy (non-hydrogen) atoms. The van der Waals surface area contributed by atoms with E-state index in [1.807, 2.05) is 18.3 Å². The average Bonchev–Trinajstić information content (AvgIpc) is 3.05. The van der Waals surface area contributed by atoms with Gasteiger partial charge in [-0.1, -0.05) is 12.1 Å². The smallest absolute Gasteiger partial charge is 0.313 e. The van der Waals surface area contributed by atoms with Gasteiger partial charge in [-0.15, -0.1) is 0 Å². The number of benzene rings is 1. The lowest BCUT2D eigenvalue weighted by Gasteiger charge is -2.08. The van der Waals surface area contributed by atoms with Crippen molar-refractivity contribution in [1.29, 1.82) is 0 Å². The SMILES string of the molecule is COCc1cccc(NC(=O)C(=O)NCCCn2cccn2)c1. The quantitative estimate of drug-likeness (QED) is 0.593. The van der Waals surface area contributed by atoms with Gasteiger partial charge in [0.05, 0.1) is 6.61 Å². The maximum absolute atomic E-state index is 11.8. The zero-order chi connectivity index (χ0) is 16.5. The molecule has 0 radical (unpaired) electrons. The number of methoxy groups -OCH3 is 1. The minimum absolute atomic E-state index is 0.413. The molecule has 2 amide bonds. The maximum Gasteiger partial charge on any atom is 0.313 e. The lowest BCUT2D eigenvalue weighted by atomic mass is 10.2. The molecule has 0 aliphatic rings. The van der Waals surface area contributed by atoms with Crippen molar-refractivity contribution in [3.8, 4) is 0 Å². The molecular formula is C16H20N4O3. The Hall–Kier alpha value is -2.67. The first-order valence-electron chi connectivity index (χ1n) is 7.33. The van der Waals surface area contributed by atoms with Crippen molar-refractivity contribution in [3.63, 3.8) is 0 Å². The highest BCUT2D eigenvalue weighted by Crippen LogP contribution is 2.11. The van der Waals surface area contributed by atoms with Gasteiger partial charge < -0.3 is 15.4 Å². The molecule has 0 bridgehead atoms. The van der Waals surface area contributed by atoms with Crippen LogP contribution in [-0.4, -0.2) is 35.2 Å². The number of nitrogens with one attached hydrogen (secondary N) is 2. The molecule has 2 rings (SSSR count). The third-order valence-electron chi connectivity index (χ3n) is 3.11. The van der Waals surface area contributed by atoms with Crippen molar-refractivity contribution in [1.82, 2.24) is 15.1 Å². The third-order valence-corrected chi connectivity index (χ3v) is 3.11. The van der Waals surface area contributed by atoms with Crippen LogP contribution in [0.15, 0.2) is 42.7 Å². The van der Waals surface area contributed by atoms with Crippen molar-refractivity contribution in [3.05, 3.63) is 48.3 Å². The van der Waals surface area contributed by atoms with Crippen LogP contribution in [0.25, 0.3) is 0 Å². The number of anilines is 1. The van der Waals surface area contributed by atoms with Gasteiger partial charge in [0.1, 0.15) is 0 Å². The highest BCUT2D eigenvalue weighted by atomic mass is 16.5. The second kappa shape index (κ2) is 8.70. The third kappa shape index (κ3) is 5.55. The van der Waals surface area contributed by atoms with Crippen LogP contribution in [0.4, 0.5) is 5.69 Å². The molecule has 0 fully saturated rings. The molecule has 1 aromatic heterocycles. The molecule has 1 heterocycles. The molecule has 2 aromatic rings. The fourth-order valence-corrected chi connectivity index (χ4v) is 2.05. The van der Waals surface area contributed by atoms with Gasteiger partial charge in [-0.25, -0.2) is 0 Å². The maximum atomic E-state index is 11.8. The van der Waals surface area contributed by atoms with Crippen molar-refractivity contribution in [2.75, 3.05) is 19.0 Å². The monoisotopic (exact) mass is 316 g/mol. The Labute approximate surface area is 134 Å². The van der Waals surface area contributed by atoms with Crippen molar-refractivity contribution >= 4 is 17.5 Å². The van der Waals surface area contributed by atoms with Crippen LogP contribution in [0.2, 0.25) is 0 Å². The van der Waals surface area contributed by atoms with E-state index in [2.05, 4.69) is 15.7 Å². The van der Waals surface area contributed by atoms with E-state index in [1.165, 1.54) is 0 Å². The molecule has 0 aliphatic carbocycles. The van der Waals surface area contributed by atoms with Gasteiger partial charge in [-0.05, 0) is 30.2 Å². The fraction of sp³-hybridized carbons (Fsp3) is 0.312. The number of hydrogen-bond acceptors (Lipinski definition) is 4. The summed E-state index contributed by atoms with van der Waals surface area (Å²) >= 11 is 0. The van der Waals surface area contributed by atoms with E-state index in [0.29, 0.717) is 31.8 Å². The van der Waals surface area contributed by atoms with Gasteiger partial charge in [-0.3, -0.25) is 14.3 Å². The molecule has 0 spiro atoms. The first-order valence-corrected chi connectivity index (χ1v) is 7.33. The second-order valence-corrected chi connectivity index (χ2v) is 4.97. The van der Waals surface area contributed by atoms with Gasteiger partial charge in [0.15, 0.2) is 0 Å². The number of hydrogen-bond donors (Lipinski definition) is 2. The van der Waals surface area contributed by atoms with Crippen LogP contribution in [-0.2, 0) is 27.5 Å². The van der Waals surface area contributed by atoms with Gasteiger partial charge in [-0.2, -0.15) is 5.10 Å². The minimum atomic E-state index is -0.682. The number of rotatable bonds is 7. The van der Waals surface area contributed by atoms with E-state index in [0.717, 1.165) is 5.56 Å². The summed E-state index contributed by atoms with van der Waals surface area (Å²) in [7, 11) is 1.60. The van der Waals surface area contributed by atoms with Crippen molar-refractivity contribution < 1.29 is 14.3 Å². The van der Waals surface area contributed by atoms with Gasteiger partial charge in [0, 0.05) is 38.3 Å². The largest absolute Gasteiger partial charge is 0.380 e. The molecule has 0 aliphatic heterocycles. The number of ether oxygens (including phenoxy) is 1. The van der Waals surface area contributed by atoms with Crippen LogP contribution in [0.5, 0.6) is 0 Å². The van der Waals surface area contributed by atoms with E-state index in [1.54, 1.807) is 36.2 Å². The summed E-state index contributed by atoms with van der Waals surface area (Å²) in [6, 6.07) is 9.01. The Morgan fingerprint density at radius 1 is 1.26 bits per heavy atom. The van der Waals surface area contributed by atoms with Crippen LogP contribution in [0.1, 0.15) is 12.0 Å². The lowest BCUT2D eigenvalue weighted by molar-refractivity contribution is -0.136. The summed E-state index contributed by atoms with van der Waals surface area (Å²) in [5.74, 6) is -1.33. The van der Waals surface area contributed by atoms with Crippen LogP contribution < -0.4 is 10.6 Å². The summed E-state index contributed by atoms with van der Waals surface area (Å²) in [5.41, 5.74) is 1.49. The Kier molecular flexibility index (Phi) is 6.31. The van der Waals surface area contributed by atoms with Crippen LogP contribution in [0.3, 0.4) is 0 Å². The summed E-state index contributed by atoms with van der Waals surface area (Å²) in [4.78, 5) is 23.6. The summed E-state index contributed by atoms with van der Waals surface area (Å²) in [6.07, 6.45) is 4.25. The highest BCUT2D eigenvalue weighted by Gasteiger charge is 2.13. The highest BCUT2D eigenvalue weighted by molar-refractivity contribution is 6.39. The number of carbonyl (C=O) groups excluding carboxylic acids is 2.